The van der Waals surface area contributed by atoms with E-state index in [9.17, 15) is 5.26 Å². The highest BCUT2D eigenvalue weighted by Gasteiger charge is 2.17. The fourth-order valence-electron chi connectivity index (χ4n) is 1.90. The van der Waals surface area contributed by atoms with Crippen LogP contribution < -0.4 is 5.73 Å². The van der Waals surface area contributed by atoms with E-state index < -0.39 is 0 Å². The van der Waals surface area contributed by atoms with Crippen molar-refractivity contribution in [3.8, 4) is 17.5 Å². The molecule has 3 rings (SSSR count). The van der Waals surface area contributed by atoms with Gasteiger partial charge in [0.2, 0.25) is 0 Å². The Labute approximate surface area is 102 Å². The molecule has 0 spiro atoms. The molecule has 0 fully saturated rings. The molecule has 3 heterocycles. The van der Waals surface area contributed by atoms with E-state index in [1.54, 1.807) is 25.5 Å². The van der Waals surface area contributed by atoms with Gasteiger partial charge >= 0.3 is 0 Å². The Kier molecular flexibility index (Phi) is 2.04. The summed E-state index contributed by atoms with van der Waals surface area (Å²) in [6, 6.07) is 3.80. The fourth-order valence-corrected chi connectivity index (χ4v) is 1.90. The van der Waals surface area contributed by atoms with Crippen LogP contribution in [0.15, 0.2) is 18.5 Å². The van der Waals surface area contributed by atoms with Crippen LogP contribution in [0.1, 0.15) is 5.56 Å². The minimum Gasteiger partial charge on any atom is -0.398 e. The molecule has 7 heteroatoms. The molecular formula is C11H9N7. The molecule has 0 aromatic carbocycles. The molecule has 0 bridgehead atoms. The number of hydrogen-bond donors (Lipinski definition) is 2. The Hall–Kier alpha value is -2.88. The summed E-state index contributed by atoms with van der Waals surface area (Å²) in [7, 11) is 1.71. The Balaban J connectivity index is 2.38. The van der Waals surface area contributed by atoms with Crippen molar-refractivity contribution in [1.82, 2.24) is 25.0 Å². The van der Waals surface area contributed by atoms with E-state index in [-0.39, 0.29) is 0 Å². The molecular weight excluding hydrogens is 230 g/mol. The predicted molar refractivity (Wildman–Crippen MR) is 65.2 cm³/mol. The van der Waals surface area contributed by atoms with Crippen LogP contribution >= 0.6 is 0 Å². The molecule has 0 aliphatic heterocycles. The number of anilines is 1. The standard InChI is InChI=1S/C11H9N7/c1-18-15-5-8(17-18)10-6(4-12)9-7(13)2-3-14-11(9)16-10/h2-3,5H,1H3,(H3,13,14,16). The van der Waals surface area contributed by atoms with Gasteiger partial charge in [0.15, 0.2) is 0 Å². The number of aromatic amines is 1. The van der Waals surface area contributed by atoms with Crippen molar-refractivity contribution in [2.75, 3.05) is 5.73 Å². The van der Waals surface area contributed by atoms with Crippen molar-refractivity contribution in [2.45, 2.75) is 0 Å². The first-order valence-corrected chi connectivity index (χ1v) is 5.23. The number of nitrogen functional groups attached to an aromatic ring is 1. The van der Waals surface area contributed by atoms with Gasteiger partial charge in [-0.05, 0) is 6.07 Å². The molecule has 7 nitrogen and oxygen atoms in total. The van der Waals surface area contributed by atoms with E-state index in [0.717, 1.165) is 0 Å². The third kappa shape index (κ3) is 1.33. The SMILES string of the molecule is Cn1ncc(-c2[nH]c3nccc(N)c3c2C#N)n1. The van der Waals surface area contributed by atoms with Crippen LogP contribution in [0.25, 0.3) is 22.4 Å². The van der Waals surface area contributed by atoms with Gasteiger partial charge in [0, 0.05) is 18.9 Å². The number of nitrogens with zero attached hydrogens (tertiary/aromatic N) is 5. The van der Waals surface area contributed by atoms with Gasteiger partial charge in [-0.3, -0.25) is 0 Å². The number of H-pyrrole nitrogens is 1. The highest BCUT2D eigenvalue weighted by Crippen LogP contribution is 2.30. The van der Waals surface area contributed by atoms with Gasteiger partial charge in [-0.1, -0.05) is 0 Å². The van der Waals surface area contributed by atoms with E-state index in [4.69, 9.17) is 5.73 Å². The van der Waals surface area contributed by atoms with Gasteiger partial charge in [-0.15, -0.1) is 0 Å². The zero-order valence-electron chi connectivity index (χ0n) is 9.55. The topological polar surface area (TPSA) is 109 Å². The van der Waals surface area contributed by atoms with Crippen molar-refractivity contribution in [3.05, 3.63) is 24.0 Å². The number of fused-ring (bicyclic) bond motifs is 1. The molecule has 88 valence electrons. The number of nitriles is 1. The lowest BCUT2D eigenvalue weighted by molar-refractivity contribution is 0.655. The van der Waals surface area contributed by atoms with E-state index >= 15 is 0 Å². The third-order valence-electron chi connectivity index (χ3n) is 2.69. The van der Waals surface area contributed by atoms with Crippen LogP contribution in [-0.2, 0) is 7.05 Å². The smallest absolute Gasteiger partial charge is 0.141 e. The summed E-state index contributed by atoms with van der Waals surface area (Å²) in [5.74, 6) is 0. The van der Waals surface area contributed by atoms with E-state index in [0.29, 0.717) is 33.7 Å². The Morgan fingerprint density at radius 2 is 2.33 bits per heavy atom. The number of nitrogens with two attached hydrogens (primary N) is 1. The summed E-state index contributed by atoms with van der Waals surface area (Å²) in [5.41, 5.74) is 8.59. The van der Waals surface area contributed by atoms with Crippen LogP contribution in [0.4, 0.5) is 5.69 Å². The molecule has 0 aliphatic rings. The van der Waals surface area contributed by atoms with Crippen molar-refractivity contribution in [3.63, 3.8) is 0 Å². The molecule has 0 atom stereocenters. The molecule has 0 radical (unpaired) electrons. The molecule has 3 aromatic rings. The molecule has 3 N–H and O–H groups in total. The predicted octanol–water partition coefficient (Wildman–Crippen LogP) is 0.812. The van der Waals surface area contributed by atoms with E-state index in [1.165, 1.54) is 4.80 Å². The maximum Gasteiger partial charge on any atom is 0.141 e. The molecule has 0 aliphatic carbocycles. The second kappa shape index (κ2) is 3.56. The maximum absolute atomic E-state index is 9.29. The summed E-state index contributed by atoms with van der Waals surface area (Å²) >= 11 is 0. The largest absolute Gasteiger partial charge is 0.398 e. The van der Waals surface area contributed by atoms with E-state index in [1.807, 2.05) is 0 Å². The second-order valence-electron chi connectivity index (χ2n) is 3.83. The quantitative estimate of drug-likeness (QED) is 0.653. The van der Waals surface area contributed by atoms with Gasteiger partial charge in [0.25, 0.3) is 0 Å². The summed E-state index contributed by atoms with van der Waals surface area (Å²) in [6.07, 6.45) is 3.18. The highest BCUT2D eigenvalue weighted by molar-refractivity contribution is 5.98. The summed E-state index contributed by atoms with van der Waals surface area (Å²) in [5, 5.41) is 18.1. The van der Waals surface area contributed by atoms with Crippen LogP contribution in [-0.4, -0.2) is 25.0 Å². The Morgan fingerprint density at radius 3 is 3.00 bits per heavy atom. The van der Waals surface area contributed by atoms with Crippen LogP contribution in [0.3, 0.4) is 0 Å². The van der Waals surface area contributed by atoms with Gasteiger partial charge in [-0.2, -0.15) is 20.3 Å². The first-order valence-electron chi connectivity index (χ1n) is 5.23. The van der Waals surface area contributed by atoms with E-state index in [2.05, 4.69) is 26.2 Å². The zero-order chi connectivity index (χ0) is 12.7. The lowest BCUT2D eigenvalue weighted by Gasteiger charge is -1.94. The molecule has 18 heavy (non-hydrogen) atoms. The fraction of sp³-hybridized carbons (Fsp3) is 0.0909. The average Bonchev–Trinajstić information content (AvgIpc) is 2.92. The second-order valence-corrected chi connectivity index (χ2v) is 3.83. The van der Waals surface area contributed by atoms with Crippen molar-refractivity contribution in [2.24, 2.45) is 7.05 Å². The third-order valence-corrected chi connectivity index (χ3v) is 2.69. The molecule has 0 saturated heterocycles. The maximum atomic E-state index is 9.29. The zero-order valence-corrected chi connectivity index (χ0v) is 9.55. The number of rotatable bonds is 1. The van der Waals surface area contributed by atoms with Crippen molar-refractivity contribution in [1.29, 1.82) is 5.26 Å². The lowest BCUT2D eigenvalue weighted by Crippen LogP contribution is -1.92. The summed E-state index contributed by atoms with van der Waals surface area (Å²) < 4.78 is 0. The number of hydrogen-bond acceptors (Lipinski definition) is 5. The first-order chi connectivity index (χ1) is 8.70. The van der Waals surface area contributed by atoms with Crippen LogP contribution in [0.2, 0.25) is 0 Å². The Bertz CT molecular complexity index is 774. The molecule has 3 aromatic heterocycles. The van der Waals surface area contributed by atoms with Gasteiger partial charge in [0.1, 0.15) is 17.4 Å². The highest BCUT2D eigenvalue weighted by atomic mass is 15.4. The molecule has 0 unspecified atom stereocenters. The Morgan fingerprint density at radius 1 is 1.50 bits per heavy atom. The monoisotopic (exact) mass is 239 g/mol. The number of aromatic nitrogens is 5. The minimum atomic E-state index is 0.441. The summed E-state index contributed by atoms with van der Waals surface area (Å²) in [4.78, 5) is 8.65. The normalized spacial score (nSPS) is 10.7. The molecule has 0 saturated carbocycles. The average molecular weight is 239 g/mol. The number of pyridine rings is 1. The van der Waals surface area contributed by atoms with Gasteiger partial charge < -0.3 is 10.7 Å². The minimum absolute atomic E-state index is 0.441. The first kappa shape index (κ1) is 10.3. The van der Waals surface area contributed by atoms with Gasteiger partial charge in [0.05, 0.1) is 22.8 Å². The number of aryl methyl sites for hydroxylation is 1. The van der Waals surface area contributed by atoms with Crippen LogP contribution in [0.5, 0.6) is 0 Å². The molecule has 0 amide bonds. The van der Waals surface area contributed by atoms with Crippen molar-refractivity contribution < 1.29 is 0 Å². The summed E-state index contributed by atoms with van der Waals surface area (Å²) in [6.45, 7) is 0. The van der Waals surface area contributed by atoms with Crippen LogP contribution in [0, 0.1) is 11.3 Å². The lowest BCUT2D eigenvalue weighted by atomic mass is 10.1. The van der Waals surface area contributed by atoms with Gasteiger partial charge in [-0.25, -0.2) is 4.98 Å². The van der Waals surface area contributed by atoms with Crippen molar-refractivity contribution >= 4 is 16.7 Å². The number of nitrogens with one attached hydrogen (secondary N) is 1.